The molecule has 140 valence electrons. The Kier molecular flexibility index (Phi) is 5.15. The molecule has 26 heavy (non-hydrogen) atoms. The van der Waals surface area contributed by atoms with E-state index in [-0.39, 0.29) is 11.6 Å². The number of amides is 2. The number of hydrogen-bond donors (Lipinski definition) is 2. The third-order valence-electron chi connectivity index (χ3n) is 4.50. The van der Waals surface area contributed by atoms with Gasteiger partial charge in [0.15, 0.2) is 6.04 Å². The van der Waals surface area contributed by atoms with E-state index >= 15 is 0 Å². The number of nitrogens with one attached hydrogen (secondary N) is 2. The SMILES string of the molecule is Cc1cnn(C2CCCC2)c1NC(=O)NC(c1cccnc1)C(F)(F)F. The van der Waals surface area contributed by atoms with E-state index in [0.29, 0.717) is 11.4 Å². The molecule has 2 aromatic heterocycles. The molecule has 1 fully saturated rings. The van der Waals surface area contributed by atoms with Crippen LogP contribution in [0.3, 0.4) is 0 Å². The highest BCUT2D eigenvalue weighted by Gasteiger charge is 2.42. The van der Waals surface area contributed by atoms with Crippen molar-refractivity contribution >= 4 is 11.8 Å². The Balaban J connectivity index is 1.76. The van der Waals surface area contributed by atoms with Gasteiger partial charge in [0.25, 0.3) is 0 Å². The Morgan fingerprint density at radius 2 is 2.04 bits per heavy atom. The molecular weight excluding hydrogens is 347 g/mol. The summed E-state index contributed by atoms with van der Waals surface area (Å²) in [7, 11) is 0. The largest absolute Gasteiger partial charge is 0.412 e. The van der Waals surface area contributed by atoms with Crippen molar-refractivity contribution in [1.82, 2.24) is 20.1 Å². The van der Waals surface area contributed by atoms with Gasteiger partial charge >= 0.3 is 12.2 Å². The van der Waals surface area contributed by atoms with Crippen LogP contribution in [0.2, 0.25) is 0 Å². The fraction of sp³-hybridized carbons (Fsp3) is 0.471. The van der Waals surface area contributed by atoms with Crippen LogP contribution in [-0.2, 0) is 0 Å². The van der Waals surface area contributed by atoms with Crippen molar-refractivity contribution in [1.29, 1.82) is 0 Å². The number of hydrogen-bond acceptors (Lipinski definition) is 3. The van der Waals surface area contributed by atoms with E-state index in [2.05, 4.69) is 15.4 Å². The molecule has 9 heteroatoms. The first-order valence-corrected chi connectivity index (χ1v) is 8.44. The highest BCUT2D eigenvalue weighted by atomic mass is 19.4. The highest BCUT2D eigenvalue weighted by Crippen LogP contribution is 2.34. The second-order valence-corrected chi connectivity index (χ2v) is 6.42. The normalized spacial score (nSPS) is 16.5. The number of urea groups is 1. The van der Waals surface area contributed by atoms with Crippen LogP contribution in [0.5, 0.6) is 0 Å². The molecule has 2 heterocycles. The predicted molar refractivity (Wildman–Crippen MR) is 89.7 cm³/mol. The van der Waals surface area contributed by atoms with E-state index in [1.807, 2.05) is 5.32 Å². The minimum Gasteiger partial charge on any atom is -0.322 e. The molecule has 0 saturated heterocycles. The Bertz CT molecular complexity index is 754. The summed E-state index contributed by atoms with van der Waals surface area (Å²) >= 11 is 0. The van der Waals surface area contributed by atoms with Gasteiger partial charge in [0.05, 0.1) is 12.2 Å². The molecular formula is C17H20F3N5O. The van der Waals surface area contributed by atoms with Crippen molar-refractivity contribution in [2.45, 2.75) is 50.9 Å². The lowest BCUT2D eigenvalue weighted by Crippen LogP contribution is -2.41. The summed E-state index contributed by atoms with van der Waals surface area (Å²) in [5, 5.41) is 8.82. The number of aromatic nitrogens is 3. The average Bonchev–Trinajstić information content (AvgIpc) is 3.23. The van der Waals surface area contributed by atoms with Gasteiger partial charge in [-0.05, 0) is 25.8 Å². The first-order chi connectivity index (χ1) is 12.4. The molecule has 1 atom stereocenters. The highest BCUT2D eigenvalue weighted by molar-refractivity contribution is 5.89. The van der Waals surface area contributed by atoms with E-state index in [0.717, 1.165) is 31.9 Å². The molecule has 0 aromatic carbocycles. The van der Waals surface area contributed by atoms with Gasteiger partial charge in [-0.25, -0.2) is 9.48 Å². The van der Waals surface area contributed by atoms with Crippen molar-refractivity contribution in [3.63, 3.8) is 0 Å². The molecule has 0 spiro atoms. The number of carbonyl (C=O) groups excluding carboxylic acids is 1. The van der Waals surface area contributed by atoms with Crippen molar-refractivity contribution in [2.24, 2.45) is 0 Å². The minimum absolute atomic E-state index is 0.129. The van der Waals surface area contributed by atoms with Crippen molar-refractivity contribution in [3.05, 3.63) is 41.9 Å². The first-order valence-electron chi connectivity index (χ1n) is 8.44. The van der Waals surface area contributed by atoms with Crippen LogP contribution in [0, 0.1) is 6.92 Å². The third kappa shape index (κ3) is 3.97. The molecule has 1 unspecified atom stereocenters. The van der Waals surface area contributed by atoms with Crippen molar-refractivity contribution in [3.8, 4) is 0 Å². The van der Waals surface area contributed by atoms with E-state index in [1.54, 1.807) is 17.8 Å². The second kappa shape index (κ2) is 7.35. The summed E-state index contributed by atoms with van der Waals surface area (Å²) in [4.78, 5) is 16.0. The molecule has 2 N–H and O–H groups in total. The van der Waals surface area contributed by atoms with Crippen molar-refractivity contribution in [2.75, 3.05) is 5.32 Å². The average molecular weight is 367 g/mol. The molecule has 0 aliphatic heterocycles. The van der Waals surface area contributed by atoms with E-state index in [4.69, 9.17) is 0 Å². The molecule has 2 amide bonds. The van der Waals surface area contributed by atoms with Gasteiger partial charge in [-0.2, -0.15) is 18.3 Å². The Labute approximate surface area is 148 Å². The molecule has 3 rings (SSSR count). The maximum atomic E-state index is 13.4. The predicted octanol–water partition coefficient (Wildman–Crippen LogP) is 4.13. The van der Waals surface area contributed by atoms with Gasteiger partial charge < -0.3 is 5.32 Å². The van der Waals surface area contributed by atoms with E-state index < -0.39 is 18.2 Å². The Hall–Kier alpha value is -2.58. The summed E-state index contributed by atoms with van der Waals surface area (Å²) in [5.74, 6) is 0.432. The monoisotopic (exact) mass is 367 g/mol. The third-order valence-corrected chi connectivity index (χ3v) is 4.50. The summed E-state index contributed by atoms with van der Waals surface area (Å²) in [6.07, 6.45) is 3.47. The zero-order valence-corrected chi connectivity index (χ0v) is 14.3. The summed E-state index contributed by atoms with van der Waals surface area (Å²) in [6.45, 7) is 1.76. The fourth-order valence-corrected chi connectivity index (χ4v) is 3.21. The first kappa shape index (κ1) is 18.2. The summed E-state index contributed by atoms with van der Waals surface area (Å²) in [6, 6.07) is -0.235. The molecule has 1 aliphatic carbocycles. The van der Waals surface area contributed by atoms with Crippen LogP contribution < -0.4 is 10.6 Å². The molecule has 0 bridgehead atoms. The zero-order chi connectivity index (χ0) is 18.7. The Morgan fingerprint density at radius 1 is 1.31 bits per heavy atom. The summed E-state index contributed by atoms with van der Waals surface area (Å²) < 4.78 is 41.8. The standard InChI is InChI=1S/C17H20F3N5O/c1-11-9-22-25(13-6-2-3-7-13)15(11)24-16(26)23-14(17(18,19)20)12-5-4-8-21-10-12/h4-5,8-10,13-14H,2-3,6-7H2,1H3,(H2,23,24,26). The van der Waals surface area contributed by atoms with Crippen LogP contribution in [0.4, 0.5) is 23.8 Å². The number of pyridine rings is 1. The van der Waals surface area contributed by atoms with Gasteiger partial charge in [0.1, 0.15) is 5.82 Å². The molecule has 6 nitrogen and oxygen atoms in total. The smallest absolute Gasteiger partial charge is 0.322 e. The number of rotatable bonds is 4. The van der Waals surface area contributed by atoms with Crippen LogP contribution in [0.15, 0.2) is 30.7 Å². The lowest BCUT2D eigenvalue weighted by Gasteiger charge is -2.22. The number of anilines is 1. The number of aryl methyl sites for hydroxylation is 1. The van der Waals surface area contributed by atoms with Gasteiger partial charge in [0.2, 0.25) is 0 Å². The quantitative estimate of drug-likeness (QED) is 0.854. The fourth-order valence-electron chi connectivity index (χ4n) is 3.21. The van der Waals surface area contributed by atoms with Crippen LogP contribution in [0.1, 0.15) is 48.9 Å². The molecule has 0 radical (unpaired) electrons. The lowest BCUT2D eigenvalue weighted by molar-refractivity contribution is -0.154. The van der Waals surface area contributed by atoms with Crippen molar-refractivity contribution < 1.29 is 18.0 Å². The van der Waals surface area contributed by atoms with Crippen LogP contribution in [-0.4, -0.2) is 27.0 Å². The van der Waals surface area contributed by atoms with Crippen LogP contribution >= 0.6 is 0 Å². The van der Waals surface area contributed by atoms with Crippen LogP contribution in [0.25, 0.3) is 0 Å². The molecule has 1 aliphatic rings. The molecule has 1 saturated carbocycles. The number of nitrogens with zero attached hydrogens (tertiary/aromatic N) is 3. The number of alkyl halides is 3. The number of carbonyl (C=O) groups is 1. The Morgan fingerprint density at radius 3 is 2.65 bits per heavy atom. The van der Waals surface area contributed by atoms with E-state index in [1.165, 1.54) is 18.3 Å². The van der Waals surface area contributed by atoms with Gasteiger partial charge in [-0.1, -0.05) is 18.9 Å². The maximum absolute atomic E-state index is 13.4. The summed E-state index contributed by atoms with van der Waals surface area (Å²) in [5.41, 5.74) is 0.577. The maximum Gasteiger partial charge on any atom is 0.412 e. The minimum atomic E-state index is -4.64. The zero-order valence-electron chi connectivity index (χ0n) is 14.3. The number of halogens is 3. The lowest BCUT2D eigenvalue weighted by atomic mass is 10.1. The molecule has 2 aromatic rings. The topological polar surface area (TPSA) is 71.8 Å². The van der Waals surface area contributed by atoms with E-state index in [9.17, 15) is 18.0 Å². The van der Waals surface area contributed by atoms with Gasteiger partial charge in [-0.15, -0.1) is 0 Å². The van der Waals surface area contributed by atoms with Gasteiger partial charge in [-0.3, -0.25) is 10.3 Å². The van der Waals surface area contributed by atoms with Gasteiger partial charge in [0, 0.05) is 23.5 Å². The second-order valence-electron chi connectivity index (χ2n) is 6.42.